The highest BCUT2D eigenvalue weighted by Gasteiger charge is 2.45. The summed E-state index contributed by atoms with van der Waals surface area (Å²) in [5.41, 5.74) is 4.79. The Bertz CT molecular complexity index is 1490. The molecule has 2 heterocycles. The number of benzene rings is 3. The molecule has 1 amide bonds. The highest BCUT2D eigenvalue weighted by atomic mass is 32.1. The topological polar surface area (TPSA) is 82.5 Å². The highest BCUT2D eigenvalue weighted by Crippen LogP contribution is 2.43. The molecule has 1 atom stereocenters. The fourth-order valence-electron chi connectivity index (χ4n) is 4.52. The van der Waals surface area contributed by atoms with E-state index in [2.05, 4.69) is 10.3 Å². The van der Waals surface area contributed by atoms with Crippen molar-refractivity contribution >= 4 is 40.1 Å². The minimum Gasteiger partial charge on any atom is -0.503 e. The van der Waals surface area contributed by atoms with E-state index in [1.807, 2.05) is 92.7 Å². The zero-order chi connectivity index (χ0) is 25.4. The number of thiazole rings is 1. The molecule has 0 saturated heterocycles. The van der Waals surface area contributed by atoms with Gasteiger partial charge in [-0.25, -0.2) is 4.98 Å². The van der Waals surface area contributed by atoms with E-state index in [4.69, 9.17) is 0 Å². The molecule has 4 aromatic rings. The fraction of sp³-hybridized carbons (Fsp3) is 0.138. The van der Waals surface area contributed by atoms with Gasteiger partial charge < -0.3 is 10.4 Å². The predicted molar refractivity (Wildman–Crippen MR) is 143 cm³/mol. The van der Waals surface area contributed by atoms with E-state index in [0.29, 0.717) is 16.3 Å². The molecule has 180 valence electrons. The molecule has 0 fully saturated rings. The number of rotatable bonds is 6. The second-order valence-corrected chi connectivity index (χ2v) is 9.97. The SMILES string of the molecule is Cc1cccc(C2C(C(=O)c3sc(C)nc3C)=C(O)C(=O)N2c2ccc(Nc3ccccc3)cc2)c1. The van der Waals surface area contributed by atoms with Gasteiger partial charge in [0.25, 0.3) is 5.91 Å². The second kappa shape index (κ2) is 9.43. The Balaban J connectivity index is 1.56. The largest absolute Gasteiger partial charge is 0.503 e. The Morgan fingerprint density at radius 3 is 2.28 bits per heavy atom. The second-order valence-electron chi connectivity index (χ2n) is 8.77. The first-order valence-electron chi connectivity index (χ1n) is 11.6. The summed E-state index contributed by atoms with van der Waals surface area (Å²) in [6.07, 6.45) is 0. The number of ketones is 1. The third-order valence-corrected chi connectivity index (χ3v) is 7.20. The number of nitrogens with zero attached hydrogens (tertiary/aromatic N) is 2. The lowest BCUT2D eigenvalue weighted by Gasteiger charge is -2.27. The van der Waals surface area contributed by atoms with Gasteiger partial charge in [0.2, 0.25) is 5.78 Å². The maximum absolute atomic E-state index is 13.7. The monoisotopic (exact) mass is 495 g/mol. The van der Waals surface area contributed by atoms with Crippen LogP contribution in [-0.4, -0.2) is 21.8 Å². The van der Waals surface area contributed by atoms with Gasteiger partial charge in [-0.05, 0) is 62.7 Å². The molecule has 0 spiro atoms. The van der Waals surface area contributed by atoms with E-state index >= 15 is 0 Å². The molecule has 1 aliphatic heterocycles. The number of para-hydroxylation sites is 1. The van der Waals surface area contributed by atoms with Crippen LogP contribution in [0, 0.1) is 20.8 Å². The minimum absolute atomic E-state index is 0.0730. The number of Topliss-reactive ketones (excluding diaryl/α,β-unsaturated/α-hetero) is 1. The number of aliphatic hydroxyl groups excluding tert-OH is 1. The van der Waals surface area contributed by atoms with Crippen molar-refractivity contribution in [1.82, 2.24) is 4.98 Å². The maximum atomic E-state index is 13.7. The molecular formula is C29H25N3O3S. The summed E-state index contributed by atoms with van der Waals surface area (Å²) in [6, 6.07) is 24.0. The number of nitrogens with one attached hydrogen (secondary N) is 1. The van der Waals surface area contributed by atoms with Crippen molar-refractivity contribution in [3.05, 3.63) is 117 Å². The summed E-state index contributed by atoms with van der Waals surface area (Å²) in [5.74, 6) is -1.50. The smallest absolute Gasteiger partial charge is 0.294 e. The Hall–Kier alpha value is -4.23. The zero-order valence-corrected chi connectivity index (χ0v) is 21.0. The Labute approximate surface area is 213 Å². The first kappa shape index (κ1) is 23.5. The Morgan fingerprint density at radius 1 is 0.944 bits per heavy atom. The number of aryl methyl sites for hydroxylation is 3. The number of aromatic nitrogens is 1. The van der Waals surface area contributed by atoms with E-state index in [9.17, 15) is 14.7 Å². The van der Waals surface area contributed by atoms with Crippen molar-refractivity contribution in [3.63, 3.8) is 0 Å². The molecule has 0 bridgehead atoms. The number of amides is 1. The molecule has 36 heavy (non-hydrogen) atoms. The van der Waals surface area contributed by atoms with Crippen molar-refractivity contribution in [2.24, 2.45) is 0 Å². The summed E-state index contributed by atoms with van der Waals surface area (Å²) in [5, 5.41) is 15.1. The van der Waals surface area contributed by atoms with Crippen LogP contribution in [0.15, 0.2) is 90.2 Å². The molecule has 1 aromatic heterocycles. The lowest BCUT2D eigenvalue weighted by Crippen LogP contribution is -2.31. The Morgan fingerprint density at radius 2 is 1.64 bits per heavy atom. The average Bonchev–Trinajstić information content (AvgIpc) is 3.35. The van der Waals surface area contributed by atoms with Crippen molar-refractivity contribution in [3.8, 4) is 0 Å². The van der Waals surface area contributed by atoms with Crippen LogP contribution in [-0.2, 0) is 4.79 Å². The predicted octanol–water partition coefficient (Wildman–Crippen LogP) is 6.59. The summed E-state index contributed by atoms with van der Waals surface area (Å²) < 4.78 is 0. The van der Waals surface area contributed by atoms with Crippen molar-refractivity contribution in [2.75, 3.05) is 10.2 Å². The number of hydrogen-bond acceptors (Lipinski definition) is 6. The van der Waals surface area contributed by atoms with Crippen LogP contribution in [0.1, 0.15) is 37.5 Å². The van der Waals surface area contributed by atoms with Gasteiger partial charge in [0.05, 0.1) is 27.2 Å². The summed E-state index contributed by atoms with van der Waals surface area (Å²) in [7, 11) is 0. The third kappa shape index (κ3) is 4.29. The summed E-state index contributed by atoms with van der Waals surface area (Å²) >= 11 is 1.27. The van der Waals surface area contributed by atoms with Gasteiger partial charge in [0, 0.05) is 17.1 Å². The molecule has 2 N–H and O–H groups in total. The van der Waals surface area contributed by atoms with Crippen LogP contribution in [0.25, 0.3) is 0 Å². The van der Waals surface area contributed by atoms with Crippen molar-refractivity contribution in [2.45, 2.75) is 26.8 Å². The van der Waals surface area contributed by atoms with Crippen molar-refractivity contribution in [1.29, 1.82) is 0 Å². The lowest BCUT2D eigenvalue weighted by molar-refractivity contribution is -0.117. The molecule has 0 aliphatic carbocycles. The average molecular weight is 496 g/mol. The number of carbonyl (C=O) groups is 2. The lowest BCUT2D eigenvalue weighted by atomic mass is 9.94. The molecule has 5 rings (SSSR count). The molecule has 6 nitrogen and oxygen atoms in total. The van der Waals surface area contributed by atoms with E-state index in [1.54, 1.807) is 6.92 Å². The molecule has 3 aromatic carbocycles. The number of hydrogen-bond donors (Lipinski definition) is 2. The van der Waals surface area contributed by atoms with Gasteiger partial charge in [0.1, 0.15) is 0 Å². The Kier molecular flexibility index (Phi) is 6.16. The number of anilines is 3. The maximum Gasteiger partial charge on any atom is 0.294 e. The standard InChI is InChI=1S/C29H25N3O3S/c1-17-8-7-9-20(16-17)25-24(26(33)28-18(2)30-19(3)36-28)27(34)29(35)32(25)23-14-12-22(13-15-23)31-21-10-5-4-6-11-21/h4-16,25,31,34H,1-3H3. The quantitative estimate of drug-likeness (QED) is 0.295. The van der Waals surface area contributed by atoms with Gasteiger partial charge in [-0.15, -0.1) is 11.3 Å². The molecule has 0 radical (unpaired) electrons. The highest BCUT2D eigenvalue weighted by molar-refractivity contribution is 7.14. The first-order chi connectivity index (χ1) is 17.3. The van der Waals surface area contributed by atoms with E-state index in [1.165, 1.54) is 16.2 Å². The minimum atomic E-state index is -0.764. The van der Waals surface area contributed by atoms with Crippen LogP contribution in [0.5, 0.6) is 0 Å². The molecule has 0 saturated carbocycles. The van der Waals surface area contributed by atoms with Crippen LogP contribution in [0.4, 0.5) is 17.1 Å². The van der Waals surface area contributed by atoms with E-state index < -0.39 is 17.7 Å². The zero-order valence-electron chi connectivity index (χ0n) is 20.1. The van der Waals surface area contributed by atoms with Crippen LogP contribution >= 0.6 is 11.3 Å². The number of aliphatic hydroxyl groups is 1. The summed E-state index contributed by atoms with van der Waals surface area (Å²) in [6.45, 7) is 5.55. The van der Waals surface area contributed by atoms with Crippen LogP contribution in [0.2, 0.25) is 0 Å². The molecule has 1 unspecified atom stereocenters. The van der Waals surface area contributed by atoms with Gasteiger partial charge in [0.15, 0.2) is 5.76 Å². The van der Waals surface area contributed by atoms with E-state index in [-0.39, 0.29) is 11.4 Å². The van der Waals surface area contributed by atoms with E-state index in [0.717, 1.165) is 27.5 Å². The molecule has 7 heteroatoms. The molecular weight excluding hydrogens is 470 g/mol. The van der Waals surface area contributed by atoms with Crippen LogP contribution < -0.4 is 10.2 Å². The van der Waals surface area contributed by atoms with Gasteiger partial charge in [-0.3, -0.25) is 14.5 Å². The van der Waals surface area contributed by atoms with Crippen LogP contribution in [0.3, 0.4) is 0 Å². The normalized spacial score (nSPS) is 15.5. The van der Waals surface area contributed by atoms with Gasteiger partial charge in [-0.1, -0.05) is 48.0 Å². The van der Waals surface area contributed by atoms with Crippen molar-refractivity contribution < 1.29 is 14.7 Å². The summed E-state index contributed by atoms with van der Waals surface area (Å²) in [4.78, 5) is 33.4. The number of carbonyl (C=O) groups excluding carboxylic acids is 2. The van der Waals surface area contributed by atoms with Gasteiger partial charge >= 0.3 is 0 Å². The third-order valence-electron chi connectivity index (χ3n) is 6.13. The first-order valence-corrected chi connectivity index (χ1v) is 12.4. The molecule has 1 aliphatic rings. The fourth-order valence-corrected chi connectivity index (χ4v) is 5.39. The van der Waals surface area contributed by atoms with Gasteiger partial charge in [-0.2, -0.15) is 0 Å².